The maximum atomic E-state index is 12.1. The predicted octanol–water partition coefficient (Wildman–Crippen LogP) is 12.6. The zero-order chi connectivity index (χ0) is 30.2. The largest absolute Gasteiger partial charge is 0.481 e. The van der Waals surface area contributed by atoms with Crippen molar-refractivity contribution < 1.29 is 15.0 Å². The van der Waals surface area contributed by atoms with E-state index in [1.807, 2.05) is 0 Å². The zero-order valence-corrected chi connectivity index (χ0v) is 28.2. The number of rotatable bonds is 33. The Morgan fingerprint density at radius 2 is 0.951 bits per heavy atom. The highest BCUT2D eigenvalue weighted by Crippen LogP contribution is 2.28. The normalized spacial score (nSPS) is 14.0. The second kappa shape index (κ2) is 32.1. The first kappa shape index (κ1) is 40.2. The van der Waals surface area contributed by atoms with Gasteiger partial charge in [0, 0.05) is 0 Å². The number of aliphatic hydroxyl groups is 1. The summed E-state index contributed by atoms with van der Waals surface area (Å²) < 4.78 is 0. The SMILES string of the molecule is CCCCCCCCCCC(CCCCCCCC)CC(CCCCCC/C=C\C[C@H](O)CCCCCC)C(=O)O. The Morgan fingerprint density at radius 3 is 1.46 bits per heavy atom. The fraction of sp³-hybridized carbons (Fsp3) is 0.921. The number of carboxylic acids is 1. The molecule has 0 aromatic carbocycles. The molecule has 0 aliphatic heterocycles. The quantitative estimate of drug-likeness (QED) is 0.0601. The molecule has 3 atom stereocenters. The Labute approximate surface area is 257 Å². The van der Waals surface area contributed by atoms with Gasteiger partial charge in [-0.2, -0.15) is 0 Å². The fourth-order valence-corrected chi connectivity index (χ4v) is 6.21. The van der Waals surface area contributed by atoms with Crippen LogP contribution in [0.5, 0.6) is 0 Å². The highest BCUT2D eigenvalue weighted by Gasteiger charge is 2.22. The van der Waals surface area contributed by atoms with Gasteiger partial charge >= 0.3 is 5.97 Å². The van der Waals surface area contributed by atoms with Crippen LogP contribution in [0.3, 0.4) is 0 Å². The van der Waals surface area contributed by atoms with Crippen LogP contribution < -0.4 is 0 Å². The van der Waals surface area contributed by atoms with Crippen molar-refractivity contribution in [3.8, 4) is 0 Å². The molecule has 0 aliphatic rings. The Morgan fingerprint density at radius 1 is 0.537 bits per heavy atom. The summed E-state index contributed by atoms with van der Waals surface area (Å²) >= 11 is 0. The van der Waals surface area contributed by atoms with Crippen molar-refractivity contribution >= 4 is 5.97 Å². The van der Waals surface area contributed by atoms with E-state index in [-0.39, 0.29) is 12.0 Å². The number of hydrogen-bond donors (Lipinski definition) is 2. The minimum absolute atomic E-state index is 0.159. The van der Waals surface area contributed by atoms with Crippen LogP contribution in [0.2, 0.25) is 0 Å². The fourth-order valence-electron chi connectivity index (χ4n) is 6.21. The van der Waals surface area contributed by atoms with Crippen LogP contribution in [0.25, 0.3) is 0 Å². The number of carboxylic acid groups (broad SMARTS) is 1. The minimum atomic E-state index is -0.565. The van der Waals surface area contributed by atoms with Crippen LogP contribution in [0, 0.1) is 11.8 Å². The van der Waals surface area contributed by atoms with Gasteiger partial charge in [0.25, 0.3) is 0 Å². The first-order chi connectivity index (χ1) is 20.0. The summed E-state index contributed by atoms with van der Waals surface area (Å²) in [6.45, 7) is 6.77. The third kappa shape index (κ3) is 29.0. The molecule has 2 unspecified atom stereocenters. The summed E-state index contributed by atoms with van der Waals surface area (Å²) in [5.74, 6) is -0.132. The standard InChI is InChI=1S/C38H74O3/c1-4-7-10-13-15-17-21-25-30-35(29-24-20-14-11-8-5-2)34-36(38(40)41)31-26-22-18-16-19-23-28-33-37(39)32-27-12-9-6-3/h23,28,35-37,39H,4-22,24-27,29-34H2,1-3H3,(H,40,41)/b28-23-/t35?,36?,37-/m1/s1. The highest BCUT2D eigenvalue weighted by molar-refractivity contribution is 5.69. The van der Waals surface area contributed by atoms with E-state index in [0.717, 1.165) is 51.4 Å². The molecule has 0 amide bonds. The third-order valence-electron chi connectivity index (χ3n) is 9.04. The van der Waals surface area contributed by atoms with Crippen LogP contribution in [-0.4, -0.2) is 22.3 Å². The van der Waals surface area contributed by atoms with Gasteiger partial charge in [0.05, 0.1) is 12.0 Å². The Hall–Kier alpha value is -0.830. The van der Waals surface area contributed by atoms with Crippen LogP contribution in [0.15, 0.2) is 12.2 Å². The van der Waals surface area contributed by atoms with E-state index in [0.29, 0.717) is 5.92 Å². The lowest BCUT2D eigenvalue weighted by Crippen LogP contribution is -2.18. The van der Waals surface area contributed by atoms with Gasteiger partial charge in [0.1, 0.15) is 0 Å². The molecule has 0 spiro atoms. The van der Waals surface area contributed by atoms with E-state index in [2.05, 4.69) is 32.9 Å². The second-order valence-electron chi connectivity index (χ2n) is 13.2. The lowest BCUT2D eigenvalue weighted by molar-refractivity contribution is -0.142. The lowest BCUT2D eigenvalue weighted by Gasteiger charge is -2.21. The Kier molecular flexibility index (Phi) is 31.4. The van der Waals surface area contributed by atoms with Gasteiger partial charge in [0.2, 0.25) is 0 Å². The van der Waals surface area contributed by atoms with Gasteiger partial charge in [0.15, 0.2) is 0 Å². The van der Waals surface area contributed by atoms with E-state index >= 15 is 0 Å². The van der Waals surface area contributed by atoms with Crippen molar-refractivity contribution in [1.82, 2.24) is 0 Å². The van der Waals surface area contributed by atoms with Crippen molar-refractivity contribution in [2.24, 2.45) is 11.8 Å². The number of allylic oxidation sites excluding steroid dienone is 1. The van der Waals surface area contributed by atoms with Crippen molar-refractivity contribution in [2.75, 3.05) is 0 Å². The number of unbranched alkanes of at least 4 members (excludes halogenated alkanes) is 19. The zero-order valence-electron chi connectivity index (χ0n) is 28.2. The minimum Gasteiger partial charge on any atom is -0.481 e. The summed E-state index contributed by atoms with van der Waals surface area (Å²) in [4.78, 5) is 12.1. The summed E-state index contributed by atoms with van der Waals surface area (Å²) in [6.07, 6.45) is 39.3. The topological polar surface area (TPSA) is 57.5 Å². The second-order valence-corrected chi connectivity index (χ2v) is 13.2. The van der Waals surface area contributed by atoms with Crippen LogP contribution in [-0.2, 0) is 4.79 Å². The first-order valence-electron chi connectivity index (χ1n) is 18.6. The van der Waals surface area contributed by atoms with E-state index < -0.39 is 5.97 Å². The van der Waals surface area contributed by atoms with Crippen molar-refractivity contribution in [3.05, 3.63) is 12.2 Å². The first-order valence-corrected chi connectivity index (χ1v) is 18.6. The van der Waals surface area contributed by atoms with Crippen LogP contribution >= 0.6 is 0 Å². The summed E-state index contributed by atoms with van der Waals surface area (Å²) in [7, 11) is 0. The van der Waals surface area contributed by atoms with Crippen molar-refractivity contribution in [2.45, 2.75) is 213 Å². The number of hydrogen-bond acceptors (Lipinski definition) is 2. The maximum absolute atomic E-state index is 12.1. The maximum Gasteiger partial charge on any atom is 0.306 e. The Balaban J connectivity index is 4.27. The smallest absolute Gasteiger partial charge is 0.306 e. The van der Waals surface area contributed by atoms with Gasteiger partial charge in [-0.05, 0) is 44.4 Å². The van der Waals surface area contributed by atoms with Crippen LogP contribution in [0.4, 0.5) is 0 Å². The predicted molar refractivity (Wildman–Crippen MR) is 181 cm³/mol. The van der Waals surface area contributed by atoms with Gasteiger partial charge in [-0.1, -0.05) is 181 Å². The molecule has 0 rings (SSSR count). The molecule has 0 aliphatic carbocycles. The summed E-state index contributed by atoms with van der Waals surface area (Å²) in [5, 5.41) is 20.1. The van der Waals surface area contributed by atoms with Crippen molar-refractivity contribution in [1.29, 1.82) is 0 Å². The average molecular weight is 579 g/mol. The van der Waals surface area contributed by atoms with E-state index in [1.165, 1.54) is 135 Å². The van der Waals surface area contributed by atoms with Crippen molar-refractivity contribution in [3.63, 3.8) is 0 Å². The molecule has 3 heteroatoms. The van der Waals surface area contributed by atoms with Gasteiger partial charge in [-0.25, -0.2) is 0 Å². The van der Waals surface area contributed by atoms with E-state index in [4.69, 9.17) is 0 Å². The van der Waals surface area contributed by atoms with E-state index in [9.17, 15) is 15.0 Å². The molecule has 0 fully saturated rings. The van der Waals surface area contributed by atoms with Gasteiger partial charge < -0.3 is 10.2 Å². The van der Waals surface area contributed by atoms with Gasteiger partial charge in [-0.3, -0.25) is 4.79 Å². The summed E-state index contributed by atoms with van der Waals surface area (Å²) in [5.41, 5.74) is 0. The number of carbonyl (C=O) groups is 1. The highest BCUT2D eigenvalue weighted by atomic mass is 16.4. The average Bonchev–Trinajstić information content (AvgIpc) is 2.96. The lowest BCUT2D eigenvalue weighted by atomic mass is 9.84. The Bertz CT molecular complexity index is 558. The molecule has 2 N–H and O–H groups in total. The molecule has 0 saturated heterocycles. The van der Waals surface area contributed by atoms with Gasteiger partial charge in [-0.15, -0.1) is 0 Å². The summed E-state index contributed by atoms with van der Waals surface area (Å²) in [6, 6.07) is 0. The molecule has 0 aromatic rings. The molecule has 41 heavy (non-hydrogen) atoms. The number of aliphatic carboxylic acids is 1. The number of aliphatic hydroxyl groups excluding tert-OH is 1. The third-order valence-corrected chi connectivity index (χ3v) is 9.04. The van der Waals surface area contributed by atoms with E-state index in [1.54, 1.807) is 0 Å². The molecule has 0 saturated carbocycles. The molecule has 0 heterocycles. The molecular formula is C38H74O3. The molecule has 244 valence electrons. The molecule has 3 nitrogen and oxygen atoms in total. The molecule has 0 bridgehead atoms. The van der Waals surface area contributed by atoms with Crippen LogP contribution in [0.1, 0.15) is 207 Å². The monoisotopic (exact) mass is 579 g/mol. The molecule has 0 aromatic heterocycles. The molecule has 0 radical (unpaired) electrons. The molecular weight excluding hydrogens is 504 g/mol.